The molecule has 0 bridgehead atoms. The second-order valence-corrected chi connectivity index (χ2v) is 4.49. The van der Waals surface area contributed by atoms with Crippen molar-refractivity contribution in [2.75, 3.05) is 0 Å². The molecule has 0 aliphatic heterocycles. The van der Waals surface area contributed by atoms with Gasteiger partial charge in [-0.3, -0.25) is 9.89 Å². The van der Waals surface area contributed by atoms with Gasteiger partial charge in [0.25, 0.3) is 5.91 Å². The van der Waals surface area contributed by atoms with Crippen LogP contribution in [0.3, 0.4) is 0 Å². The van der Waals surface area contributed by atoms with Crippen LogP contribution in [0.4, 0.5) is 0 Å². The summed E-state index contributed by atoms with van der Waals surface area (Å²) in [5.41, 5.74) is -1.08. The third-order valence-corrected chi connectivity index (χ3v) is 2.94. The van der Waals surface area contributed by atoms with Gasteiger partial charge in [0.15, 0.2) is 5.54 Å². The van der Waals surface area contributed by atoms with Crippen LogP contribution in [-0.2, 0) is 10.3 Å². The van der Waals surface area contributed by atoms with Gasteiger partial charge in [0.2, 0.25) is 5.82 Å². The molecule has 7 nitrogen and oxygen atoms in total. The predicted octanol–water partition coefficient (Wildman–Crippen LogP) is 0.843. The summed E-state index contributed by atoms with van der Waals surface area (Å²) in [6.45, 7) is 3.07. The highest BCUT2D eigenvalue weighted by Gasteiger charge is 2.37. The molecule has 1 aromatic carbocycles. The van der Waals surface area contributed by atoms with E-state index in [0.717, 1.165) is 0 Å². The van der Waals surface area contributed by atoms with Gasteiger partial charge < -0.3 is 10.4 Å². The summed E-state index contributed by atoms with van der Waals surface area (Å²) in [5, 5.41) is 18.1. The zero-order valence-corrected chi connectivity index (χ0v) is 11.0. The van der Waals surface area contributed by atoms with E-state index in [2.05, 4.69) is 20.5 Å². The molecular weight excluding hydrogens is 260 g/mol. The molecule has 1 amide bonds. The molecule has 0 saturated carbocycles. The van der Waals surface area contributed by atoms with E-state index in [9.17, 15) is 14.7 Å². The number of amides is 1. The first-order chi connectivity index (χ1) is 9.43. The summed E-state index contributed by atoms with van der Waals surface area (Å²) >= 11 is 0. The van der Waals surface area contributed by atoms with Gasteiger partial charge in [0, 0.05) is 0 Å². The second kappa shape index (κ2) is 5.12. The van der Waals surface area contributed by atoms with E-state index >= 15 is 0 Å². The molecule has 0 aliphatic carbocycles. The van der Waals surface area contributed by atoms with E-state index in [1.54, 1.807) is 37.3 Å². The Labute approximate surface area is 115 Å². The highest BCUT2D eigenvalue weighted by atomic mass is 16.4. The van der Waals surface area contributed by atoms with Crippen LogP contribution in [0, 0.1) is 6.92 Å². The van der Waals surface area contributed by atoms with Crippen molar-refractivity contribution in [1.82, 2.24) is 20.5 Å². The zero-order chi connectivity index (χ0) is 14.8. The van der Waals surface area contributed by atoms with Gasteiger partial charge in [-0.05, 0) is 19.4 Å². The van der Waals surface area contributed by atoms with Crippen LogP contribution in [-0.4, -0.2) is 32.2 Å². The van der Waals surface area contributed by atoms with Crippen molar-refractivity contribution in [3.05, 3.63) is 47.5 Å². The minimum absolute atomic E-state index is 0.0918. The molecule has 2 aromatic rings. The normalized spacial score (nSPS) is 13.5. The van der Waals surface area contributed by atoms with Gasteiger partial charge in [-0.25, -0.2) is 9.78 Å². The van der Waals surface area contributed by atoms with Gasteiger partial charge >= 0.3 is 5.97 Å². The average molecular weight is 274 g/mol. The van der Waals surface area contributed by atoms with Crippen LogP contribution in [0.2, 0.25) is 0 Å². The van der Waals surface area contributed by atoms with Crippen molar-refractivity contribution in [2.45, 2.75) is 19.4 Å². The van der Waals surface area contributed by atoms with Crippen molar-refractivity contribution in [2.24, 2.45) is 0 Å². The van der Waals surface area contributed by atoms with E-state index in [1.807, 2.05) is 0 Å². The molecule has 0 radical (unpaired) electrons. The quantitative estimate of drug-likeness (QED) is 0.765. The number of aromatic nitrogens is 3. The molecule has 1 atom stereocenters. The maximum atomic E-state index is 12.0. The SMILES string of the molecule is Cc1nc(C(=O)NC(C)(C(=O)O)c2ccccc2)n[nH]1. The topological polar surface area (TPSA) is 108 Å². The third-order valence-electron chi connectivity index (χ3n) is 2.94. The fourth-order valence-corrected chi connectivity index (χ4v) is 1.75. The molecule has 1 unspecified atom stereocenters. The van der Waals surface area contributed by atoms with Crippen molar-refractivity contribution in [3.63, 3.8) is 0 Å². The molecule has 104 valence electrons. The first-order valence-corrected chi connectivity index (χ1v) is 5.94. The van der Waals surface area contributed by atoms with Gasteiger partial charge in [0.1, 0.15) is 5.82 Å². The lowest BCUT2D eigenvalue weighted by molar-refractivity contribution is -0.144. The van der Waals surface area contributed by atoms with E-state index in [0.29, 0.717) is 11.4 Å². The molecule has 1 heterocycles. The lowest BCUT2D eigenvalue weighted by Gasteiger charge is -2.26. The zero-order valence-electron chi connectivity index (χ0n) is 11.0. The number of rotatable bonds is 4. The summed E-state index contributed by atoms with van der Waals surface area (Å²) in [7, 11) is 0. The van der Waals surface area contributed by atoms with Crippen LogP contribution in [0.15, 0.2) is 30.3 Å². The molecule has 1 aromatic heterocycles. The molecule has 3 N–H and O–H groups in total. The smallest absolute Gasteiger partial charge is 0.333 e. The Morgan fingerprint density at radius 3 is 2.45 bits per heavy atom. The Kier molecular flexibility index (Phi) is 3.51. The fraction of sp³-hybridized carbons (Fsp3) is 0.231. The van der Waals surface area contributed by atoms with Gasteiger partial charge in [-0.1, -0.05) is 30.3 Å². The lowest BCUT2D eigenvalue weighted by Crippen LogP contribution is -2.49. The number of carbonyl (C=O) groups excluding carboxylic acids is 1. The number of hydrogen-bond acceptors (Lipinski definition) is 4. The highest BCUT2D eigenvalue weighted by molar-refractivity contribution is 5.95. The molecule has 0 spiro atoms. The molecule has 0 saturated heterocycles. The van der Waals surface area contributed by atoms with Gasteiger partial charge in [-0.15, -0.1) is 5.10 Å². The van der Waals surface area contributed by atoms with Crippen molar-refractivity contribution < 1.29 is 14.7 Å². The number of aliphatic carboxylic acids is 1. The maximum Gasteiger partial charge on any atom is 0.333 e. The van der Waals surface area contributed by atoms with Gasteiger partial charge in [-0.2, -0.15) is 0 Å². The summed E-state index contributed by atoms with van der Waals surface area (Å²) in [5.74, 6) is -1.43. The number of H-pyrrole nitrogens is 1. The number of nitrogens with zero attached hydrogens (tertiary/aromatic N) is 2. The van der Waals surface area contributed by atoms with Gasteiger partial charge in [0.05, 0.1) is 0 Å². The molecule has 2 rings (SSSR count). The number of carbonyl (C=O) groups is 2. The molecule has 20 heavy (non-hydrogen) atoms. The first kappa shape index (κ1) is 13.7. The monoisotopic (exact) mass is 274 g/mol. The third kappa shape index (κ3) is 2.51. The number of carboxylic acid groups (broad SMARTS) is 1. The molecule has 0 fully saturated rings. The minimum Gasteiger partial charge on any atom is -0.479 e. The van der Waals surface area contributed by atoms with Crippen molar-refractivity contribution >= 4 is 11.9 Å². The molecule has 7 heteroatoms. The molecule has 0 aliphatic rings. The van der Waals surface area contributed by atoms with Crippen molar-refractivity contribution in [3.8, 4) is 0 Å². The Bertz CT molecular complexity index is 638. The maximum absolute atomic E-state index is 12.0. The van der Waals surface area contributed by atoms with E-state index in [4.69, 9.17) is 0 Å². The van der Waals surface area contributed by atoms with Crippen LogP contribution < -0.4 is 5.32 Å². The van der Waals surface area contributed by atoms with Crippen LogP contribution >= 0.6 is 0 Å². The number of nitrogens with one attached hydrogen (secondary N) is 2. The number of aryl methyl sites for hydroxylation is 1. The second-order valence-electron chi connectivity index (χ2n) is 4.49. The Morgan fingerprint density at radius 2 is 1.95 bits per heavy atom. The van der Waals surface area contributed by atoms with E-state index < -0.39 is 17.4 Å². The lowest BCUT2D eigenvalue weighted by atomic mass is 9.92. The highest BCUT2D eigenvalue weighted by Crippen LogP contribution is 2.21. The van der Waals surface area contributed by atoms with Crippen LogP contribution in [0.1, 0.15) is 28.9 Å². The number of benzene rings is 1. The van der Waals surface area contributed by atoms with Crippen molar-refractivity contribution in [1.29, 1.82) is 0 Å². The Hall–Kier alpha value is -2.70. The summed E-state index contributed by atoms with van der Waals surface area (Å²) in [6.07, 6.45) is 0. The largest absolute Gasteiger partial charge is 0.479 e. The summed E-state index contributed by atoms with van der Waals surface area (Å²) in [6, 6.07) is 8.46. The van der Waals surface area contributed by atoms with E-state index in [-0.39, 0.29) is 5.82 Å². The number of carboxylic acids is 1. The van der Waals surface area contributed by atoms with E-state index in [1.165, 1.54) is 6.92 Å². The standard InChI is InChI=1S/C13H14N4O3/c1-8-14-10(17-16-8)11(18)15-13(2,12(19)20)9-6-4-3-5-7-9/h3-7H,1-2H3,(H,15,18)(H,19,20)(H,14,16,17). The number of hydrogen-bond donors (Lipinski definition) is 3. The minimum atomic E-state index is -1.55. The summed E-state index contributed by atoms with van der Waals surface area (Å²) < 4.78 is 0. The summed E-state index contributed by atoms with van der Waals surface area (Å²) in [4.78, 5) is 27.4. The first-order valence-electron chi connectivity index (χ1n) is 5.94. The Balaban J connectivity index is 2.31. The van der Waals surface area contributed by atoms with Crippen LogP contribution in [0.5, 0.6) is 0 Å². The predicted molar refractivity (Wildman–Crippen MR) is 70.0 cm³/mol. The Morgan fingerprint density at radius 1 is 1.30 bits per heavy atom. The number of aromatic amines is 1. The average Bonchev–Trinajstić information content (AvgIpc) is 2.86. The van der Waals surface area contributed by atoms with Crippen LogP contribution in [0.25, 0.3) is 0 Å². The fourth-order valence-electron chi connectivity index (χ4n) is 1.75. The molecular formula is C13H14N4O3.